The first-order valence-corrected chi connectivity index (χ1v) is 11.2. The van der Waals surface area contributed by atoms with Gasteiger partial charge in [0.15, 0.2) is 0 Å². The average molecular weight is 409 g/mol. The van der Waals surface area contributed by atoms with Crippen LogP contribution in [0.4, 0.5) is 0 Å². The van der Waals surface area contributed by atoms with E-state index in [4.69, 9.17) is 0 Å². The second-order valence-corrected chi connectivity index (χ2v) is 8.80. The standard InChI is InChI=1S/C25H36N4O/c1-5-19(2)17-27-25(30)22-9-12-26-24(16-22)21-8-6-7-20(15-21)18-29(4)23-10-13-28(3)14-11-23/h6-9,12,15-16,19,23H,5,10-11,13-14,17-18H2,1-4H3,(H,27,30)/t19-/m0/s1. The van der Waals surface area contributed by atoms with Crippen LogP contribution in [0.15, 0.2) is 42.6 Å². The molecule has 30 heavy (non-hydrogen) atoms. The predicted octanol–water partition coefficient (Wildman–Crippen LogP) is 4.05. The Morgan fingerprint density at radius 1 is 1.27 bits per heavy atom. The summed E-state index contributed by atoms with van der Waals surface area (Å²) in [5.74, 6) is 0.450. The SMILES string of the molecule is CC[C@H](C)CNC(=O)c1ccnc(-c2cccc(CN(C)C3CCN(C)CC3)c2)c1. The molecule has 3 rings (SSSR count). The van der Waals surface area contributed by atoms with Gasteiger partial charge < -0.3 is 10.2 Å². The fourth-order valence-corrected chi connectivity index (χ4v) is 3.92. The molecule has 1 aromatic heterocycles. The molecule has 0 radical (unpaired) electrons. The fraction of sp³-hybridized carbons (Fsp3) is 0.520. The van der Waals surface area contributed by atoms with Gasteiger partial charge in [0.05, 0.1) is 5.69 Å². The summed E-state index contributed by atoms with van der Waals surface area (Å²) in [5.41, 5.74) is 3.84. The third kappa shape index (κ3) is 6.13. The van der Waals surface area contributed by atoms with E-state index < -0.39 is 0 Å². The molecule has 1 fully saturated rings. The normalized spacial score (nSPS) is 16.6. The molecule has 162 valence electrons. The van der Waals surface area contributed by atoms with E-state index in [-0.39, 0.29) is 5.91 Å². The molecular formula is C25H36N4O. The highest BCUT2D eigenvalue weighted by Crippen LogP contribution is 2.22. The van der Waals surface area contributed by atoms with Gasteiger partial charge in [-0.2, -0.15) is 0 Å². The lowest BCUT2D eigenvalue weighted by Gasteiger charge is -2.35. The van der Waals surface area contributed by atoms with E-state index in [0.717, 1.165) is 24.2 Å². The zero-order valence-corrected chi connectivity index (χ0v) is 18.9. The van der Waals surface area contributed by atoms with Crippen molar-refractivity contribution in [3.05, 3.63) is 53.7 Å². The van der Waals surface area contributed by atoms with Crippen LogP contribution in [0.5, 0.6) is 0 Å². The monoisotopic (exact) mass is 408 g/mol. The Morgan fingerprint density at radius 3 is 2.77 bits per heavy atom. The second kappa shape index (κ2) is 10.7. The second-order valence-electron chi connectivity index (χ2n) is 8.80. The molecule has 5 heteroatoms. The topological polar surface area (TPSA) is 48.5 Å². The third-order valence-electron chi connectivity index (χ3n) is 6.30. The van der Waals surface area contributed by atoms with Gasteiger partial charge in [-0.15, -0.1) is 0 Å². The van der Waals surface area contributed by atoms with Crippen LogP contribution in [0.3, 0.4) is 0 Å². The minimum atomic E-state index is -0.0305. The summed E-state index contributed by atoms with van der Waals surface area (Å²) in [5, 5.41) is 3.03. The first-order chi connectivity index (χ1) is 14.5. The molecule has 5 nitrogen and oxygen atoms in total. The molecule has 2 aromatic rings. The molecule has 1 atom stereocenters. The summed E-state index contributed by atoms with van der Waals surface area (Å²) < 4.78 is 0. The van der Waals surface area contributed by atoms with E-state index in [0.29, 0.717) is 24.1 Å². The molecule has 0 aliphatic carbocycles. The van der Waals surface area contributed by atoms with E-state index in [1.54, 1.807) is 12.3 Å². The van der Waals surface area contributed by atoms with Gasteiger partial charge in [0, 0.05) is 36.5 Å². The number of rotatable bonds is 8. The minimum Gasteiger partial charge on any atom is -0.352 e. The Hall–Kier alpha value is -2.24. The molecule has 1 saturated heterocycles. The molecule has 1 aliphatic rings. The maximum absolute atomic E-state index is 12.5. The molecule has 0 spiro atoms. The van der Waals surface area contributed by atoms with Crippen LogP contribution >= 0.6 is 0 Å². The van der Waals surface area contributed by atoms with Crippen LogP contribution < -0.4 is 5.32 Å². The number of nitrogens with zero attached hydrogens (tertiary/aromatic N) is 3. The maximum Gasteiger partial charge on any atom is 0.251 e. The van der Waals surface area contributed by atoms with Crippen LogP contribution in [0.25, 0.3) is 11.3 Å². The predicted molar refractivity (Wildman–Crippen MR) is 123 cm³/mol. The lowest BCUT2D eigenvalue weighted by Crippen LogP contribution is -2.41. The smallest absolute Gasteiger partial charge is 0.251 e. The first kappa shape index (κ1) is 22.4. The van der Waals surface area contributed by atoms with Crippen molar-refractivity contribution in [2.24, 2.45) is 5.92 Å². The highest BCUT2D eigenvalue weighted by Gasteiger charge is 2.20. The number of benzene rings is 1. The molecule has 1 N–H and O–H groups in total. The Bertz CT molecular complexity index is 829. The molecule has 1 aromatic carbocycles. The van der Waals surface area contributed by atoms with Crippen molar-refractivity contribution in [1.29, 1.82) is 0 Å². The van der Waals surface area contributed by atoms with Crippen LogP contribution in [-0.4, -0.2) is 60.5 Å². The van der Waals surface area contributed by atoms with Crippen molar-refractivity contribution in [3.63, 3.8) is 0 Å². The van der Waals surface area contributed by atoms with E-state index in [9.17, 15) is 4.79 Å². The Balaban J connectivity index is 1.67. The maximum atomic E-state index is 12.5. The number of amides is 1. The van der Waals surface area contributed by atoms with E-state index in [1.807, 2.05) is 6.07 Å². The quantitative estimate of drug-likeness (QED) is 0.716. The molecule has 0 saturated carbocycles. The van der Waals surface area contributed by atoms with Crippen LogP contribution in [0.1, 0.15) is 49.0 Å². The lowest BCUT2D eigenvalue weighted by molar-refractivity contribution is 0.0947. The summed E-state index contributed by atoms with van der Waals surface area (Å²) in [6.45, 7) is 8.25. The van der Waals surface area contributed by atoms with Crippen LogP contribution in [0.2, 0.25) is 0 Å². The van der Waals surface area contributed by atoms with Gasteiger partial charge in [0.2, 0.25) is 0 Å². The highest BCUT2D eigenvalue weighted by molar-refractivity contribution is 5.95. The van der Waals surface area contributed by atoms with Gasteiger partial charge in [-0.05, 0) is 69.7 Å². The number of hydrogen-bond donors (Lipinski definition) is 1. The minimum absolute atomic E-state index is 0.0305. The number of nitrogens with one attached hydrogen (secondary N) is 1. The fourth-order valence-electron chi connectivity index (χ4n) is 3.92. The number of aromatic nitrogens is 1. The van der Waals surface area contributed by atoms with Gasteiger partial charge in [0.1, 0.15) is 0 Å². The Labute approximate surface area is 181 Å². The largest absolute Gasteiger partial charge is 0.352 e. The summed E-state index contributed by atoms with van der Waals surface area (Å²) in [4.78, 5) is 21.9. The Morgan fingerprint density at radius 2 is 2.03 bits per heavy atom. The van der Waals surface area contributed by atoms with Crippen molar-refractivity contribution in [2.45, 2.75) is 45.7 Å². The van der Waals surface area contributed by atoms with Gasteiger partial charge >= 0.3 is 0 Å². The number of pyridine rings is 1. The van der Waals surface area contributed by atoms with Gasteiger partial charge in [-0.25, -0.2) is 0 Å². The van der Waals surface area contributed by atoms with Gasteiger partial charge in [0.25, 0.3) is 5.91 Å². The van der Waals surface area contributed by atoms with E-state index >= 15 is 0 Å². The molecule has 1 aliphatic heterocycles. The zero-order chi connectivity index (χ0) is 21.5. The van der Waals surface area contributed by atoms with Crippen LogP contribution in [0, 0.1) is 5.92 Å². The number of carbonyl (C=O) groups excluding carboxylic acids is 1. The lowest BCUT2D eigenvalue weighted by atomic mass is 10.0. The van der Waals surface area contributed by atoms with Crippen molar-refractivity contribution in [1.82, 2.24) is 20.1 Å². The zero-order valence-electron chi connectivity index (χ0n) is 18.9. The first-order valence-electron chi connectivity index (χ1n) is 11.2. The average Bonchev–Trinajstić information content (AvgIpc) is 2.77. The van der Waals surface area contributed by atoms with Crippen molar-refractivity contribution >= 4 is 5.91 Å². The summed E-state index contributed by atoms with van der Waals surface area (Å²) in [7, 11) is 4.43. The van der Waals surface area contributed by atoms with E-state index in [1.165, 1.54) is 31.5 Å². The van der Waals surface area contributed by atoms with Crippen molar-refractivity contribution in [2.75, 3.05) is 33.7 Å². The van der Waals surface area contributed by atoms with Gasteiger partial charge in [-0.1, -0.05) is 38.5 Å². The third-order valence-corrected chi connectivity index (χ3v) is 6.30. The summed E-state index contributed by atoms with van der Waals surface area (Å²) in [6, 6.07) is 12.9. The summed E-state index contributed by atoms with van der Waals surface area (Å²) in [6.07, 6.45) is 5.23. The molecular weight excluding hydrogens is 372 g/mol. The highest BCUT2D eigenvalue weighted by atomic mass is 16.1. The molecule has 1 amide bonds. The van der Waals surface area contributed by atoms with Crippen molar-refractivity contribution < 1.29 is 4.79 Å². The Kier molecular flexibility index (Phi) is 8.00. The molecule has 0 bridgehead atoms. The van der Waals surface area contributed by atoms with Crippen molar-refractivity contribution in [3.8, 4) is 11.3 Å². The molecule has 2 heterocycles. The number of piperidine rings is 1. The number of carbonyl (C=O) groups is 1. The molecule has 0 unspecified atom stereocenters. The summed E-state index contributed by atoms with van der Waals surface area (Å²) >= 11 is 0. The van der Waals surface area contributed by atoms with E-state index in [2.05, 4.69) is 72.3 Å². The number of likely N-dealkylation sites (tertiary alicyclic amines) is 1. The number of hydrogen-bond acceptors (Lipinski definition) is 4. The van der Waals surface area contributed by atoms with Gasteiger partial charge in [-0.3, -0.25) is 14.7 Å². The van der Waals surface area contributed by atoms with Crippen LogP contribution in [-0.2, 0) is 6.54 Å².